The fraction of sp³-hybridized carbons (Fsp3) is 0.467. The molecular formula is C15H17Cl2N. The Balaban J connectivity index is 2.05. The molecule has 1 fully saturated rings. The first-order valence-corrected chi connectivity index (χ1v) is 7.47. The number of rotatable bonds is 1. The molecule has 2 aromatic rings. The van der Waals surface area contributed by atoms with Crippen molar-refractivity contribution in [2.45, 2.75) is 44.6 Å². The van der Waals surface area contributed by atoms with Crippen molar-refractivity contribution >= 4 is 34.1 Å². The zero-order valence-corrected chi connectivity index (χ0v) is 11.8. The van der Waals surface area contributed by atoms with Gasteiger partial charge in [0, 0.05) is 22.6 Å². The van der Waals surface area contributed by atoms with Crippen LogP contribution in [-0.4, -0.2) is 4.57 Å². The number of nitrogens with zero attached hydrogens (tertiary/aromatic N) is 1. The molecule has 96 valence electrons. The molecule has 0 amide bonds. The summed E-state index contributed by atoms with van der Waals surface area (Å²) in [7, 11) is 0. The van der Waals surface area contributed by atoms with Crippen LogP contribution in [0.25, 0.3) is 10.9 Å². The lowest BCUT2D eigenvalue weighted by Gasteiger charge is -2.18. The smallest absolute Gasteiger partial charge is 0.0514 e. The van der Waals surface area contributed by atoms with Gasteiger partial charge in [0.15, 0.2) is 0 Å². The van der Waals surface area contributed by atoms with Crippen LogP contribution in [0.2, 0.25) is 10.0 Å². The number of hydrogen-bond acceptors (Lipinski definition) is 0. The van der Waals surface area contributed by atoms with Gasteiger partial charge in [0.1, 0.15) is 0 Å². The summed E-state index contributed by atoms with van der Waals surface area (Å²) in [5, 5.41) is 2.59. The van der Waals surface area contributed by atoms with E-state index in [-0.39, 0.29) is 0 Å². The lowest BCUT2D eigenvalue weighted by atomic mass is 10.1. The van der Waals surface area contributed by atoms with E-state index in [4.69, 9.17) is 23.2 Å². The second-order valence-electron chi connectivity index (χ2n) is 5.19. The van der Waals surface area contributed by atoms with E-state index >= 15 is 0 Å². The maximum Gasteiger partial charge on any atom is 0.0514 e. The molecule has 0 saturated heterocycles. The standard InChI is InChI=1S/C15H17Cl2N/c16-11-9-14(17)13-7-8-18(15(13)10-11)12-5-3-1-2-4-6-12/h7-10,12H,1-6H2. The zero-order valence-electron chi connectivity index (χ0n) is 10.3. The van der Waals surface area contributed by atoms with Crippen molar-refractivity contribution in [3.05, 3.63) is 34.4 Å². The molecule has 0 unspecified atom stereocenters. The van der Waals surface area contributed by atoms with E-state index < -0.39 is 0 Å². The number of benzene rings is 1. The van der Waals surface area contributed by atoms with Gasteiger partial charge in [-0.05, 0) is 31.0 Å². The van der Waals surface area contributed by atoms with Crippen molar-refractivity contribution in [3.63, 3.8) is 0 Å². The Morgan fingerprint density at radius 2 is 1.72 bits per heavy atom. The molecule has 3 heteroatoms. The van der Waals surface area contributed by atoms with Gasteiger partial charge in [-0.2, -0.15) is 0 Å². The average Bonchev–Trinajstić information content (AvgIpc) is 2.59. The molecule has 0 bridgehead atoms. The summed E-state index contributed by atoms with van der Waals surface area (Å²) in [6, 6.07) is 6.58. The summed E-state index contributed by atoms with van der Waals surface area (Å²) in [6.45, 7) is 0. The quantitative estimate of drug-likeness (QED) is 0.579. The van der Waals surface area contributed by atoms with E-state index in [2.05, 4.69) is 16.8 Å². The zero-order chi connectivity index (χ0) is 12.5. The predicted octanol–water partition coefficient (Wildman–Crippen LogP) is 5.84. The molecular weight excluding hydrogens is 265 g/mol. The van der Waals surface area contributed by atoms with Gasteiger partial charge in [-0.3, -0.25) is 0 Å². The molecule has 0 aliphatic heterocycles. The van der Waals surface area contributed by atoms with Gasteiger partial charge >= 0.3 is 0 Å². The van der Waals surface area contributed by atoms with E-state index in [0.717, 1.165) is 15.4 Å². The highest BCUT2D eigenvalue weighted by Gasteiger charge is 2.16. The summed E-state index contributed by atoms with van der Waals surface area (Å²) >= 11 is 12.4. The SMILES string of the molecule is Clc1cc(Cl)c2ccn(C3CCCCCC3)c2c1. The van der Waals surface area contributed by atoms with Crippen molar-refractivity contribution < 1.29 is 0 Å². The average molecular weight is 282 g/mol. The van der Waals surface area contributed by atoms with Crippen LogP contribution in [-0.2, 0) is 0 Å². The van der Waals surface area contributed by atoms with Gasteiger partial charge in [-0.15, -0.1) is 0 Å². The molecule has 1 aliphatic rings. The van der Waals surface area contributed by atoms with Crippen LogP contribution >= 0.6 is 23.2 Å². The van der Waals surface area contributed by atoms with Crippen LogP contribution in [0.4, 0.5) is 0 Å². The predicted molar refractivity (Wildman–Crippen MR) is 78.7 cm³/mol. The van der Waals surface area contributed by atoms with Crippen molar-refractivity contribution in [1.29, 1.82) is 0 Å². The number of fused-ring (bicyclic) bond motifs is 1. The Morgan fingerprint density at radius 3 is 2.44 bits per heavy atom. The molecule has 1 aromatic carbocycles. The molecule has 1 aromatic heterocycles. The minimum Gasteiger partial charge on any atom is -0.344 e. The van der Waals surface area contributed by atoms with Crippen LogP contribution in [0.5, 0.6) is 0 Å². The van der Waals surface area contributed by atoms with Gasteiger partial charge in [-0.25, -0.2) is 0 Å². The third-order valence-electron chi connectivity index (χ3n) is 3.97. The minimum absolute atomic E-state index is 0.611. The summed E-state index contributed by atoms with van der Waals surface area (Å²) < 4.78 is 2.37. The summed E-state index contributed by atoms with van der Waals surface area (Å²) in [4.78, 5) is 0. The highest BCUT2D eigenvalue weighted by molar-refractivity contribution is 6.38. The summed E-state index contributed by atoms with van der Waals surface area (Å²) in [5.41, 5.74) is 1.18. The Kier molecular flexibility index (Phi) is 3.54. The number of aromatic nitrogens is 1. The normalized spacial score (nSPS) is 18.1. The first kappa shape index (κ1) is 12.4. The highest BCUT2D eigenvalue weighted by atomic mass is 35.5. The molecule has 0 N–H and O–H groups in total. The van der Waals surface area contributed by atoms with Crippen LogP contribution in [0.15, 0.2) is 24.4 Å². The summed E-state index contributed by atoms with van der Waals surface area (Å²) in [6.07, 6.45) is 10.1. The largest absolute Gasteiger partial charge is 0.344 e. The number of hydrogen-bond donors (Lipinski definition) is 0. The molecule has 1 saturated carbocycles. The van der Waals surface area contributed by atoms with E-state index in [9.17, 15) is 0 Å². The van der Waals surface area contributed by atoms with Gasteiger partial charge in [0.05, 0.1) is 10.5 Å². The van der Waals surface area contributed by atoms with Crippen molar-refractivity contribution in [2.24, 2.45) is 0 Å². The maximum atomic E-state index is 6.25. The van der Waals surface area contributed by atoms with E-state index in [1.165, 1.54) is 44.0 Å². The third kappa shape index (κ3) is 2.26. The second kappa shape index (κ2) is 5.14. The molecule has 1 heterocycles. The Bertz CT molecular complexity index is 551. The van der Waals surface area contributed by atoms with Crippen LogP contribution in [0.3, 0.4) is 0 Å². The molecule has 1 nitrogen and oxygen atoms in total. The van der Waals surface area contributed by atoms with Gasteiger partial charge in [0.2, 0.25) is 0 Å². The lowest BCUT2D eigenvalue weighted by Crippen LogP contribution is -2.06. The van der Waals surface area contributed by atoms with Gasteiger partial charge in [0.25, 0.3) is 0 Å². The van der Waals surface area contributed by atoms with E-state index in [1.807, 2.05) is 12.1 Å². The summed E-state index contributed by atoms with van der Waals surface area (Å²) in [5.74, 6) is 0. The fourth-order valence-electron chi connectivity index (χ4n) is 3.04. The monoisotopic (exact) mass is 281 g/mol. The topological polar surface area (TPSA) is 4.93 Å². The van der Waals surface area contributed by atoms with Crippen LogP contribution in [0, 0.1) is 0 Å². The van der Waals surface area contributed by atoms with Crippen LogP contribution < -0.4 is 0 Å². The molecule has 18 heavy (non-hydrogen) atoms. The Morgan fingerprint density at radius 1 is 1.00 bits per heavy atom. The first-order valence-electron chi connectivity index (χ1n) is 6.71. The van der Waals surface area contributed by atoms with Gasteiger partial charge in [-0.1, -0.05) is 48.9 Å². The third-order valence-corrected chi connectivity index (χ3v) is 4.50. The molecule has 0 spiro atoms. The molecule has 0 radical (unpaired) electrons. The highest BCUT2D eigenvalue weighted by Crippen LogP contribution is 2.34. The van der Waals surface area contributed by atoms with E-state index in [1.54, 1.807) is 0 Å². The fourth-order valence-corrected chi connectivity index (χ4v) is 3.58. The molecule has 0 atom stereocenters. The maximum absolute atomic E-state index is 6.25. The minimum atomic E-state index is 0.611. The number of halogens is 2. The van der Waals surface area contributed by atoms with Crippen molar-refractivity contribution in [2.75, 3.05) is 0 Å². The lowest BCUT2D eigenvalue weighted by molar-refractivity contribution is 0.456. The van der Waals surface area contributed by atoms with E-state index in [0.29, 0.717) is 6.04 Å². The second-order valence-corrected chi connectivity index (χ2v) is 6.03. The molecule has 3 rings (SSSR count). The molecule has 1 aliphatic carbocycles. The van der Waals surface area contributed by atoms with Crippen molar-refractivity contribution in [3.8, 4) is 0 Å². The van der Waals surface area contributed by atoms with Gasteiger partial charge < -0.3 is 4.57 Å². The van der Waals surface area contributed by atoms with Crippen LogP contribution in [0.1, 0.15) is 44.6 Å². The van der Waals surface area contributed by atoms with Crippen molar-refractivity contribution in [1.82, 2.24) is 4.57 Å². The Labute approximate surface area is 118 Å². The first-order chi connectivity index (χ1) is 8.75. The Hall–Kier alpha value is -0.660.